The van der Waals surface area contributed by atoms with Crippen molar-refractivity contribution in [3.05, 3.63) is 99.5 Å². The van der Waals surface area contributed by atoms with Crippen LogP contribution < -0.4 is 11.2 Å². The predicted octanol–water partition coefficient (Wildman–Crippen LogP) is 1.81. The van der Waals surface area contributed by atoms with Crippen molar-refractivity contribution in [1.29, 1.82) is 0 Å². The Balaban J connectivity index is 1.90. The third-order valence-corrected chi connectivity index (χ3v) is 5.57. The van der Waals surface area contributed by atoms with Gasteiger partial charge in [0.25, 0.3) is 5.56 Å². The van der Waals surface area contributed by atoms with Crippen LogP contribution in [-0.2, 0) is 16.6 Å². The molecule has 4 aromatic rings. The molecule has 0 fully saturated rings. The maximum atomic E-state index is 12.9. The Kier molecular flexibility index (Phi) is 4.27. The number of aromatic nitrogens is 3. The van der Waals surface area contributed by atoms with Gasteiger partial charge < -0.3 is 0 Å². The SMILES string of the molecule is CS(=O)(=O)n1c(Cn2ccc(=O)n(-c3ccccc3)c2=O)cc2ccccc21. The molecule has 0 atom stereocenters. The molecule has 4 rings (SSSR count). The summed E-state index contributed by atoms with van der Waals surface area (Å²) in [5, 5.41) is 0.757. The number of para-hydroxylation sites is 2. The van der Waals surface area contributed by atoms with E-state index in [-0.39, 0.29) is 6.54 Å². The van der Waals surface area contributed by atoms with Gasteiger partial charge in [-0.15, -0.1) is 0 Å². The summed E-state index contributed by atoms with van der Waals surface area (Å²) in [6.07, 6.45) is 2.50. The molecule has 8 heteroatoms. The lowest BCUT2D eigenvalue weighted by atomic mass is 10.2. The summed E-state index contributed by atoms with van der Waals surface area (Å²) in [7, 11) is -3.59. The van der Waals surface area contributed by atoms with Crippen LogP contribution >= 0.6 is 0 Å². The van der Waals surface area contributed by atoms with E-state index in [1.807, 2.05) is 12.1 Å². The fraction of sp³-hybridized carbons (Fsp3) is 0.100. The Morgan fingerprint density at radius 1 is 0.893 bits per heavy atom. The molecule has 0 spiro atoms. The molecule has 0 N–H and O–H groups in total. The molecule has 28 heavy (non-hydrogen) atoms. The molecule has 0 aliphatic heterocycles. The molecule has 2 aromatic carbocycles. The van der Waals surface area contributed by atoms with Gasteiger partial charge >= 0.3 is 5.69 Å². The summed E-state index contributed by atoms with van der Waals surface area (Å²) in [6.45, 7) is 0.00764. The van der Waals surface area contributed by atoms with Crippen LogP contribution in [0.15, 0.2) is 82.5 Å². The Labute approximate surface area is 160 Å². The van der Waals surface area contributed by atoms with Crippen molar-refractivity contribution < 1.29 is 8.42 Å². The molecule has 0 saturated heterocycles. The van der Waals surface area contributed by atoms with Gasteiger partial charge in [0.1, 0.15) is 0 Å². The summed E-state index contributed by atoms with van der Waals surface area (Å²) in [5.41, 5.74) is 0.448. The maximum Gasteiger partial charge on any atom is 0.335 e. The zero-order chi connectivity index (χ0) is 19.9. The molecule has 142 valence electrons. The van der Waals surface area contributed by atoms with Crippen molar-refractivity contribution in [3.8, 4) is 5.69 Å². The second-order valence-corrected chi connectivity index (χ2v) is 8.29. The van der Waals surface area contributed by atoms with Gasteiger partial charge in [0.15, 0.2) is 0 Å². The van der Waals surface area contributed by atoms with E-state index < -0.39 is 21.3 Å². The smallest absolute Gasteiger partial charge is 0.294 e. The van der Waals surface area contributed by atoms with Crippen molar-refractivity contribution in [2.75, 3.05) is 6.26 Å². The quantitative estimate of drug-likeness (QED) is 0.528. The minimum absolute atomic E-state index is 0.00764. The first-order valence-corrected chi connectivity index (χ1v) is 10.4. The van der Waals surface area contributed by atoms with Crippen LogP contribution in [0.5, 0.6) is 0 Å². The van der Waals surface area contributed by atoms with E-state index in [4.69, 9.17) is 0 Å². The Hall–Kier alpha value is -3.39. The largest absolute Gasteiger partial charge is 0.335 e. The van der Waals surface area contributed by atoms with Crippen molar-refractivity contribution >= 4 is 20.9 Å². The van der Waals surface area contributed by atoms with Crippen molar-refractivity contribution in [3.63, 3.8) is 0 Å². The van der Waals surface area contributed by atoms with Crippen LogP contribution in [0.1, 0.15) is 5.69 Å². The van der Waals surface area contributed by atoms with Gasteiger partial charge in [-0.25, -0.2) is 21.8 Å². The minimum Gasteiger partial charge on any atom is -0.294 e. The van der Waals surface area contributed by atoms with Gasteiger partial charge in [0.05, 0.1) is 29.7 Å². The zero-order valence-electron chi connectivity index (χ0n) is 15.0. The molecule has 0 amide bonds. The second-order valence-electron chi connectivity index (χ2n) is 6.46. The van der Waals surface area contributed by atoms with E-state index in [1.54, 1.807) is 48.5 Å². The average molecular weight is 395 g/mol. The van der Waals surface area contributed by atoms with Crippen LogP contribution in [0.3, 0.4) is 0 Å². The summed E-state index contributed by atoms with van der Waals surface area (Å²) in [6, 6.07) is 18.7. The molecule has 0 bridgehead atoms. The van der Waals surface area contributed by atoms with E-state index in [0.717, 1.165) is 16.2 Å². The number of fused-ring (bicyclic) bond motifs is 1. The highest BCUT2D eigenvalue weighted by Gasteiger charge is 2.17. The number of benzene rings is 2. The van der Waals surface area contributed by atoms with E-state index in [2.05, 4.69) is 0 Å². The molecular weight excluding hydrogens is 378 g/mol. The number of hydrogen-bond acceptors (Lipinski definition) is 4. The Morgan fingerprint density at radius 3 is 2.29 bits per heavy atom. The highest BCUT2D eigenvalue weighted by molar-refractivity contribution is 7.89. The molecule has 0 aliphatic rings. The summed E-state index contributed by atoms with van der Waals surface area (Å²) >= 11 is 0. The van der Waals surface area contributed by atoms with Gasteiger partial charge in [-0.2, -0.15) is 0 Å². The first-order valence-electron chi connectivity index (χ1n) is 8.54. The first kappa shape index (κ1) is 18.0. The molecule has 0 unspecified atom stereocenters. The summed E-state index contributed by atoms with van der Waals surface area (Å²) < 4.78 is 28.3. The zero-order valence-corrected chi connectivity index (χ0v) is 15.8. The third kappa shape index (κ3) is 3.07. The normalized spacial score (nSPS) is 11.8. The fourth-order valence-corrected chi connectivity index (χ4v) is 4.37. The molecule has 0 radical (unpaired) electrons. The van der Waals surface area contributed by atoms with Gasteiger partial charge in [0.2, 0.25) is 10.0 Å². The third-order valence-electron chi connectivity index (χ3n) is 4.47. The second kappa shape index (κ2) is 6.65. The van der Waals surface area contributed by atoms with Crippen molar-refractivity contribution in [2.45, 2.75) is 6.54 Å². The standard InChI is InChI=1S/C20H17N3O4S/c1-28(26,27)23-17(13-15-7-5-6-10-18(15)23)14-21-12-11-19(24)22(20(21)25)16-8-3-2-4-9-16/h2-13H,14H2,1H3. The monoisotopic (exact) mass is 395 g/mol. The van der Waals surface area contributed by atoms with Crippen LogP contribution in [0.25, 0.3) is 16.6 Å². The molecule has 0 saturated carbocycles. The molecule has 0 aliphatic carbocycles. The van der Waals surface area contributed by atoms with Crippen LogP contribution in [0.2, 0.25) is 0 Å². The Bertz CT molecular complexity index is 1400. The predicted molar refractivity (Wildman–Crippen MR) is 108 cm³/mol. The van der Waals surface area contributed by atoms with Gasteiger partial charge in [0, 0.05) is 17.6 Å². The summed E-state index contributed by atoms with van der Waals surface area (Å²) in [4.78, 5) is 25.2. The lowest BCUT2D eigenvalue weighted by Gasteiger charge is -2.12. The van der Waals surface area contributed by atoms with Crippen LogP contribution in [-0.4, -0.2) is 27.8 Å². The van der Waals surface area contributed by atoms with E-state index >= 15 is 0 Å². The molecular formula is C20H17N3O4S. The topological polar surface area (TPSA) is 83.1 Å². The van der Waals surface area contributed by atoms with Gasteiger partial charge in [-0.05, 0) is 24.3 Å². The fourth-order valence-electron chi connectivity index (χ4n) is 3.31. The lowest BCUT2D eigenvalue weighted by molar-refractivity contribution is 0.589. The lowest BCUT2D eigenvalue weighted by Crippen LogP contribution is -2.38. The summed E-state index contributed by atoms with van der Waals surface area (Å²) in [5.74, 6) is 0. The van der Waals surface area contributed by atoms with Crippen molar-refractivity contribution in [1.82, 2.24) is 13.1 Å². The first-order chi connectivity index (χ1) is 13.4. The van der Waals surface area contributed by atoms with Crippen LogP contribution in [0.4, 0.5) is 0 Å². The number of rotatable bonds is 4. The van der Waals surface area contributed by atoms with Crippen LogP contribution in [0, 0.1) is 0 Å². The highest BCUT2D eigenvalue weighted by atomic mass is 32.2. The van der Waals surface area contributed by atoms with E-state index in [0.29, 0.717) is 16.9 Å². The van der Waals surface area contributed by atoms with Gasteiger partial charge in [-0.1, -0.05) is 36.4 Å². The maximum absolute atomic E-state index is 12.9. The number of hydrogen-bond donors (Lipinski definition) is 0. The minimum atomic E-state index is -3.59. The molecule has 2 aromatic heterocycles. The van der Waals surface area contributed by atoms with Gasteiger partial charge in [-0.3, -0.25) is 9.36 Å². The van der Waals surface area contributed by atoms with E-state index in [1.165, 1.54) is 20.8 Å². The molecule has 2 heterocycles. The number of nitrogens with zero attached hydrogens (tertiary/aromatic N) is 3. The highest BCUT2D eigenvalue weighted by Crippen LogP contribution is 2.22. The van der Waals surface area contributed by atoms with E-state index in [9.17, 15) is 18.0 Å². The average Bonchev–Trinajstić information content (AvgIpc) is 3.03. The van der Waals surface area contributed by atoms with Crippen molar-refractivity contribution in [2.24, 2.45) is 0 Å². The molecule has 7 nitrogen and oxygen atoms in total. The Morgan fingerprint density at radius 2 is 1.57 bits per heavy atom.